The monoisotopic (exact) mass is 431 g/mol. The number of hydrogen-bond donors (Lipinski definition) is 2. The van der Waals surface area contributed by atoms with E-state index in [0.29, 0.717) is 35.1 Å². The van der Waals surface area contributed by atoms with Crippen LogP contribution in [-0.4, -0.2) is 34.1 Å². The van der Waals surface area contributed by atoms with E-state index in [-0.39, 0.29) is 23.5 Å². The van der Waals surface area contributed by atoms with Crippen molar-refractivity contribution in [2.75, 3.05) is 24.3 Å². The molecule has 8 heteroatoms. The van der Waals surface area contributed by atoms with Gasteiger partial charge in [-0.15, -0.1) is 0 Å². The number of halogens is 1. The molecule has 0 unspecified atom stereocenters. The summed E-state index contributed by atoms with van der Waals surface area (Å²) in [6.45, 7) is 0.781. The van der Waals surface area contributed by atoms with Crippen LogP contribution in [-0.2, 0) is 9.53 Å². The van der Waals surface area contributed by atoms with Crippen LogP contribution in [0.4, 0.5) is 11.6 Å². The van der Waals surface area contributed by atoms with Gasteiger partial charge in [0.25, 0.3) is 0 Å². The van der Waals surface area contributed by atoms with Gasteiger partial charge in [0.05, 0.1) is 41.1 Å². The summed E-state index contributed by atoms with van der Waals surface area (Å²) in [6, 6.07) is 17.2. The Hall–Kier alpha value is -3.55. The molecule has 1 aliphatic rings. The molecule has 31 heavy (non-hydrogen) atoms. The highest BCUT2D eigenvalue weighted by Crippen LogP contribution is 2.36. The second kappa shape index (κ2) is 7.94. The molecule has 0 atom stereocenters. The lowest BCUT2D eigenvalue weighted by atomic mass is 10.0. The third-order valence-corrected chi connectivity index (χ3v) is 5.44. The van der Waals surface area contributed by atoms with Gasteiger partial charge < -0.3 is 15.8 Å². The van der Waals surface area contributed by atoms with Gasteiger partial charge in [0, 0.05) is 22.7 Å². The van der Waals surface area contributed by atoms with Gasteiger partial charge in [0.2, 0.25) is 5.91 Å². The summed E-state index contributed by atoms with van der Waals surface area (Å²) >= 11 is 6.51. The Morgan fingerprint density at radius 2 is 1.81 bits per heavy atom. The lowest BCUT2D eigenvalue weighted by Gasteiger charge is -2.24. The summed E-state index contributed by atoms with van der Waals surface area (Å²) in [5, 5.41) is 4.17. The fourth-order valence-electron chi connectivity index (χ4n) is 3.43. The molecule has 4 aromatic rings. The Labute approximate surface area is 183 Å². The maximum absolute atomic E-state index is 12.4. The van der Waals surface area contributed by atoms with Gasteiger partial charge in [0.1, 0.15) is 0 Å². The topological polar surface area (TPSA) is 103 Å². The SMILES string of the molecule is Nc1nc(-c2ccccc2)c(-c2cc(Cl)c3ncccc3c2)nc1NC(=O)C1COC1. The molecule has 154 valence electrons. The van der Waals surface area contributed by atoms with Crippen molar-refractivity contribution >= 4 is 40.0 Å². The normalized spacial score (nSPS) is 13.7. The van der Waals surface area contributed by atoms with Crippen molar-refractivity contribution in [3.63, 3.8) is 0 Å². The predicted octanol–water partition coefficient (Wildman–Crippen LogP) is 4.18. The number of pyridine rings is 1. The first-order valence-corrected chi connectivity index (χ1v) is 10.1. The summed E-state index contributed by atoms with van der Waals surface area (Å²) in [5.41, 5.74) is 9.65. The Morgan fingerprint density at radius 1 is 1.03 bits per heavy atom. The van der Waals surface area contributed by atoms with Crippen LogP contribution in [0.25, 0.3) is 33.4 Å². The standard InChI is InChI=1S/C23H18ClN5O2/c24-17-10-15(9-14-7-4-8-26-18(14)17)20-19(13-5-2-1-3-6-13)27-21(25)22(28-20)29-23(30)16-11-31-12-16/h1-10,16H,11-12H2,(H2,25,27)(H,28,29,30). The molecule has 3 N–H and O–H groups in total. The molecule has 2 aromatic carbocycles. The van der Waals surface area contributed by atoms with Crippen molar-refractivity contribution in [3.05, 3.63) is 65.8 Å². The zero-order valence-electron chi connectivity index (χ0n) is 16.4. The van der Waals surface area contributed by atoms with Crippen molar-refractivity contribution in [1.29, 1.82) is 0 Å². The van der Waals surface area contributed by atoms with Crippen LogP contribution >= 0.6 is 11.6 Å². The van der Waals surface area contributed by atoms with Gasteiger partial charge in [-0.2, -0.15) is 0 Å². The lowest BCUT2D eigenvalue weighted by Crippen LogP contribution is -2.38. The zero-order chi connectivity index (χ0) is 21.4. The minimum atomic E-state index is -0.209. The van der Waals surface area contributed by atoms with Crippen LogP contribution < -0.4 is 11.1 Å². The largest absolute Gasteiger partial charge is 0.381 e. The van der Waals surface area contributed by atoms with Crippen molar-refractivity contribution in [2.45, 2.75) is 0 Å². The molecule has 0 bridgehead atoms. The number of aromatic nitrogens is 3. The number of nitrogens with two attached hydrogens (primary N) is 1. The fraction of sp³-hybridized carbons (Fsp3) is 0.130. The summed E-state index contributed by atoms with van der Waals surface area (Å²) in [7, 11) is 0. The summed E-state index contributed by atoms with van der Waals surface area (Å²) in [5.74, 6) is -0.0372. The van der Waals surface area contributed by atoms with Crippen molar-refractivity contribution in [2.24, 2.45) is 5.92 Å². The number of anilines is 2. The molecule has 1 amide bonds. The number of nitrogen functional groups attached to an aromatic ring is 1. The van der Waals surface area contributed by atoms with E-state index < -0.39 is 0 Å². The Bertz CT molecular complexity index is 1290. The molecular formula is C23H18ClN5O2. The second-order valence-electron chi connectivity index (χ2n) is 7.28. The third kappa shape index (κ3) is 3.69. The molecule has 5 rings (SSSR count). The average Bonchev–Trinajstić information content (AvgIpc) is 2.74. The molecule has 0 spiro atoms. The molecule has 0 radical (unpaired) electrons. The van der Waals surface area contributed by atoms with E-state index in [1.165, 1.54) is 0 Å². The van der Waals surface area contributed by atoms with Gasteiger partial charge in [-0.25, -0.2) is 9.97 Å². The molecule has 7 nitrogen and oxygen atoms in total. The molecule has 0 saturated carbocycles. The third-order valence-electron chi connectivity index (χ3n) is 5.15. The molecular weight excluding hydrogens is 414 g/mol. The molecule has 2 aromatic heterocycles. The summed E-state index contributed by atoms with van der Waals surface area (Å²) in [4.78, 5) is 26.1. The van der Waals surface area contributed by atoms with E-state index in [2.05, 4.69) is 15.3 Å². The summed E-state index contributed by atoms with van der Waals surface area (Å²) < 4.78 is 5.10. The maximum atomic E-state index is 12.4. The highest BCUT2D eigenvalue weighted by atomic mass is 35.5. The van der Waals surface area contributed by atoms with Gasteiger partial charge in [-0.05, 0) is 18.2 Å². The number of carbonyl (C=O) groups excluding carboxylic acids is 1. The van der Waals surface area contributed by atoms with Crippen LogP contribution in [0, 0.1) is 5.92 Å². The van der Waals surface area contributed by atoms with E-state index in [9.17, 15) is 4.79 Å². The molecule has 1 fully saturated rings. The maximum Gasteiger partial charge on any atom is 0.233 e. The van der Waals surface area contributed by atoms with Crippen LogP contribution in [0.1, 0.15) is 0 Å². The van der Waals surface area contributed by atoms with E-state index in [4.69, 9.17) is 27.1 Å². The number of ether oxygens (including phenoxy) is 1. The minimum Gasteiger partial charge on any atom is -0.381 e. The van der Waals surface area contributed by atoms with Gasteiger partial charge in [0.15, 0.2) is 11.6 Å². The van der Waals surface area contributed by atoms with Gasteiger partial charge >= 0.3 is 0 Å². The minimum absolute atomic E-state index is 0.143. The number of amides is 1. The molecule has 0 aliphatic carbocycles. The Morgan fingerprint density at radius 3 is 2.55 bits per heavy atom. The number of rotatable bonds is 4. The zero-order valence-corrected chi connectivity index (χ0v) is 17.1. The highest BCUT2D eigenvalue weighted by Gasteiger charge is 2.28. The number of nitrogens with zero attached hydrogens (tertiary/aromatic N) is 3. The molecule has 1 saturated heterocycles. The second-order valence-corrected chi connectivity index (χ2v) is 7.68. The number of benzene rings is 2. The number of carbonyl (C=O) groups is 1. The van der Waals surface area contributed by atoms with E-state index in [0.717, 1.165) is 16.5 Å². The van der Waals surface area contributed by atoms with Crippen LogP contribution in [0.3, 0.4) is 0 Å². The predicted molar refractivity (Wildman–Crippen MR) is 121 cm³/mol. The van der Waals surface area contributed by atoms with Crippen molar-refractivity contribution in [3.8, 4) is 22.5 Å². The van der Waals surface area contributed by atoms with Crippen molar-refractivity contribution in [1.82, 2.24) is 15.0 Å². The summed E-state index contributed by atoms with van der Waals surface area (Å²) in [6.07, 6.45) is 1.70. The number of fused-ring (bicyclic) bond motifs is 1. The fourth-order valence-corrected chi connectivity index (χ4v) is 3.70. The van der Waals surface area contributed by atoms with Gasteiger partial charge in [-0.3, -0.25) is 9.78 Å². The highest BCUT2D eigenvalue weighted by molar-refractivity contribution is 6.35. The number of nitrogens with one attached hydrogen (secondary N) is 1. The van der Waals surface area contributed by atoms with Crippen molar-refractivity contribution < 1.29 is 9.53 Å². The average molecular weight is 432 g/mol. The number of hydrogen-bond acceptors (Lipinski definition) is 6. The molecule has 1 aliphatic heterocycles. The first-order chi connectivity index (χ1) is 15.1. The van der Waals surface area contributed by atoms with Crippen LogP contribution in [0.2, 0.25) is 5.02 Å². The van der Waals surface area contributed by atoms with Crippen LogP contribution in [0.15, 0.2) is 60.8 Å². The first-order valence-electron chi connectivity index (χ1n) is 9.76. The first kappa shape index (κ1) is 19.4. The smallest absolute Gasteiger partial charge is 0.233 e. The molecule has 3 heterocycles. The Kier molecular flexibility index (Phi) is 4.97. The lowest BCUT2D eigenvalue weighted by molar-refractivity contribution is -0.133. The van der Waals surface area contributed by atoms with E-state index in [1.807, 2.05) is 48.5 Å². The van der Waals surface area contributed by atoms with E-state index >= 15 is 0 Å². The van der Waals surface area contributed by atoms with E-state index in [1.54, 1.807) is 12.3 Å². The Balaban J connectivity index is 1.67. The van der Waals surface area contributed by atoms with Crippen LogP contribution in [0.5, 0.6) is 0 Å². The van der Waals surface area contributed by atoms with Gasteiger partial charge in [-0.1, -0.05) is 48.0 Å². The quantitative estimate of drug-likeness (QED) is 0.502.